The zero-order chi connectivity index (χ0) is 12.2. The summed E-state index contributed by atoms with van der Waals surface area (Å²) in [5, 5.41) is 7.12. The minimum absolute atomic E-state index is 0.0250. The number of ether oxygens (including phenoxy) is 1. The Morgan fingerprint density at radius 2 is 2.19 bits per heavy atom. The molecule has 0 aliphatic heterocycles. The first-order valence-electron chi connectivity index (χ1n) is 4.38. The summed E-state index contributed by atoms with van der Waals surface area (Å²) < 4.78 is 40.2. The predicted molar refractivity (Wildman–Crippen MR) is 51.4 cm³/mol. The van der Waals surface area contributed by atoms with E-state index in [-0.39, 0.29) is 11.7 Å². The number of nitrogen functional groups attached to an aromatic ring is 1. The van der Waals surface area contributed by atoms with Crippen LogP contribution in [0.4, 0.5) is 13.2 Å². The molecule has 1 heterocycles. The van der Waals surface area contributed by atoms with E-state index in [1.54, 1.807) is 0 Å². The highest BCUT2D eigenvalue weighted by Gasteiger charge is 2.26. The molecule has 0 aliphatic carbocycles. The Hall–Kier alpha value is -1.79. The van der Waals surface area contributed by atoms with E-state index in [2.05, 4.69) is 4.98 Å². The fourth-order valence-electron chi connectivity index (χ4n) is 0.927. The lowest BCUT2D eigenvalue weighted by Crippen LogP contribution is -2.14. The van der Waals surface area contributed by atoms with Crippen LogP contribution in [-0.2, 0) is 0 Å². The SMILES string of the molecule is N=C(N)c1ccnc(OCCC(F)(F)F)c1. The molecule has 0 amide bonds. The van der Waals surface area contributed by atoms with E-state index in [9.17, 15) is 13.2 Å². The highest BCUT2D eigenvalue weighted by molar-refractivity contribution is 5.95. The Morgan fingerprint density at radius 3 is 2.75 bits per heavy atom. The van der Waals surface area contributed by atoms with Crippen LogP contribution in [0, 0.1) is 5.41 Å². The summed E-state index contributed by atoms with van der Waals surface area (Å²) in [5.41, 5.74) is 5.56. The molecule has 1 aromatic rings. The maximum atomic E-state index is 11.8. The number of aromatic nitrogens is 1. The van der Waals surface area contributed by atoms with Crippen molar-refractivity contribution in [2.24, 2.45) is 5.73 Å². The highest BCUT2D eigenvalue weighted by atomic mass is 19.4. The molecule has 0 fully saturated rings. The molecule has 16 heavy (non-hydrogen) atoms. The van der Waals surface area contributed by atoms with E-state index in [4.69, 9.17) is 15.9 Å². The summed E-state index contributed by atoms with van der Waals surface area (Å²) >= 11 is 0. The normalized spacial score (nSPS) is 11.2. The third-order valence-corrected chi connectivity index (χ3v) is 1.68. The molecule has 1 rings (SSSR count). The number of nitrogens with zero attached hydrogens (tertiary/aromatic N) is 1. The van der Waals surface area contributed by atoms with Crippen LogP contribution >= 0.6 is 0 Å². The largest absolute Gasteiger partial charge is 0.477 e. The second-order valence-electron chi connectivity index (χ2n) is 3.01. The van der Waals surface area contributed by atoms with Crippen molar-refractivity contribution in [1.82, 2.24) is 4.98 Å². The van der Waals surface area contributed by atoms with Gasteiger partial charge in [0.15, 0.2) is 0 Å². The van der Waals surface area contributed by atoms with Crippen molar-refractivity contribution >= 4 is 5.84 Å². The molecule has 0 bridgehead atoms. The van der Waals surface area contributed by atoms with Crippen LogP contribution in [0.1, 0.15) is 12.0 Å². The van der Waals surface area contributed by atoms with Gasteiger partial charge in [0.25, 0.3) is 0 Å². The summed E-state index contributed by atoms with van der Waals surface area (Å²) in [6.45, 7) is -0.502. The Morgan fingerprint density at radius 1 is 1.50 bits per heavy atom. The van der Waals surface area contributed by atoms with E-state index in [0.717, 1.165) is 0 Å². The maximum absolute atomic E-state index is 11.8. The van der Waals surface area contributed by atoms with Gasteiger partial charge < -0.3 is 10.5 Å². The van der Waals surface area contributed by atoms with Crippen molar-refractivity contribution in [2.45, 2.75) is 12.6 Å². The molecule has 0 aromatic carbocycles. The van der Waals surface area contributed by atoms with Crippen LogP contribution in [0.5, 0.6) is 5.88 Å². The molecule has 3 N–H and O–H groups in total. The fraction of sp³-hybridized carbons (Fsp3) is 0.333. The molecule has 0 atom stereocenters. The number of nitrogens with one attached hydrogen (secondary N) is 1. The zero-order valence-corrected chi connectivity index (χ0v) is 8.21. The van der Waals surface area contributed by atoms with Crippen LogP contribution in [0.3, 0.4) is 0 Å². The average molecular weight is 233 g/mol. The number of alkyl halides is 3. The maximum Gasteiger partial charge on any atom is 0.392 e. The first-order valence-corrected chi connectivity index (χ1v) is 4.38. The molecular weight excluding hydrogens is 223 g/mol. The molecule has 0 unspecified atom stereocenters. The Kier molecular flexibility index (Phi) is 3.70. The second kappa shape index (κ2) is 4.82. The van der Waals surface area contributed by atoms with Gasteiger partial charge in [-0.25, -0.2) is 4.98 Å². The van der Waals surface area contributed by atoms with E-state index >= 15 is 0 Å². The van der Waals surface area contributed by atoms with Gasteiger partial charge >= 0.3 is 6.18 Å². The first-order chi connectivity index (χ1) is 7.38. The van der Waals surface area contributed by atoms with Crippen LogP contribution < -0.4 is 10.5 Å². The number of halogens is 3. The Bertz CT molecular complexity index is 379. The number of hydrogen-bond acceptors (Lipinski definition) is 3. The summed E-state index contributed by atoms with van der Waals surface area (Å²) in [6, 6.07) is 2.79. The minimum Gasteiger partial charge on any atom is -0.477 e. The quantitative estimate of drug-likeness (QED) is 0.614. The molecule has 4 nitrogen and oxygen atoms in total. The van der Waals surface area contributed by atoms with E-state index < -0.39 is 19.2 Å². The number of amidine groups is 1. The Labute approximate surface area is 89.7 Å². The molecule has 88 valence electrons. The van der Waals surface area contributed by atoms with Crippen molar-refractivity contribution in [3.8, 4) is 5.88 Å². The number of nitrogens with two attached hydrogens (primary N) is 1. The lowest BCUT2D eigenvalue weighted by atomic mass is 10.2. The number of rotatable bonds is 4. The van der Waals surface area contributed by atoms with Gasteiger partial charge in [0.05, 0.1) is 13.0 Å². The van der Waals surface area contributed by atoms with Gasteiger partial charge in [-0.15, -0.1) is 0 Å². The summed E-state index contributed by atoms with van der Waals surface area (Å²) in [7, 11) is 0. The van der Waals surface area contributed by atoms with Crippen molar-refractivity contribution < 1.29 is 17.9 Å². The first kappa shape index (κ1) is 12.3. The van der Waals surface area contributed by atoms with Crippen molar-refractivity contribution in [3.63, 3.8) is 0 Å². The van der Waals surface area contributed by atoms with Crippen LogP contribution in [-0.4, -0.2) is 23.6 Å². The summed E-state index contributed by atoms with van der Waals surface area (Å²) in [6.07, 6.45) is -3.98. The standard InChI is InChI=1S/C9H10F3N3O/c10-9(11,12)2-4-16-7-5-6(8(13)14)1-3-15-7/h1,3,5H,2,4H2,(H3,13,14). The van der Waals surface area contributed by atoms with Gasteiger partial charge in [-0.2, -0.15) is 13.2 Å². The molecule has 0 saturated heterocycles. The second-order valence-corrected chi connectivity index (χ2v) is 3.01. The van der Waals surface area contributed by atoms with Crippen LogP contribution in [0.25, 0.3) is 0 Å². The molecule has 0 saturated carbocycles. The summed E-state index contributed by atoms with van der Waals surface area (Å²) in [4.78, 5) is 3.70. The van der Waals surface area contributed by atoms with Gasteiger partial charge in [0.2, 0.25) is 5.88 Å². The molecule has 7 heteroatoms. The molecule has 0 radical (unpaired) electrons. The van der Waals surface area contributed by atoms with Gasteiger partial charge in [0.1, 0.15) is 5.84 Å². The molecule has 0 spiro atoms. The third kappa shape index (κ3) is 4.16. The van der Waals surface area contributed by atoms with Crippen LogP contribution in [0.15, 0.2) is 18.3 Å². The monoisotopic (exact) mass is 233 g/mol. The molecular formula is C9H10F3N3O. The van der Waals surface area contributed by atoms with Crippen molar-refractivity contribution in [2.75, 3.05) is 6.61 Å². The van der Waals surface area contributed by atoms with Crippen molar-refractivity contribution in [1.29, 1.82) is 5.41 Å². The number of hydrogen-bond donors (Lipinski definition) is 2. The van der Waals surface area contributed by atoms with Gasteiger partial charge in [-0.1, -0.05) is 0 Å². The number of pyridine rings is 1. The highest BCUT2D eigenvalue weighted by Crippen LogP contribution is 2.19. The molecule has 1 aromatic heterocycles. The third-order valence-electron chi connectivity index (χ3n) is 1.68. The van der Waals surface area contributed by atoms with E-state index in [1.807, 2.05) is 0 Å². The topological polar surface area (TPSA) is 72.0 Å². The smallest absolute Gasteiger partial charge is 0.392 e. The lowest BCUT2D eigenvalue weighted by molar-refractivity contribution is -0.139. The van der Waals surface area contributed by atoms with Crippen LogP contribution in [0.2, 0.25) is 0 Å². The van der Waals surface area contributed by atoms with E-state index in [1.165, 1.54) is 18.3 Å². The zero-order valence-electron chi connectivity index (χ0n) is 8.21. The lowest BCUT2D eigenvalue weighted by Gasteiger charge is -2.08. The van der Waals surface area contributed by atoms with Gasteiger partial charge in [-0.05, 0) is 6.07 Å². The summed E-state index contributed by atoms with van der Waals surface area (Å²) in [5.74, 6) is -0.167. The predicted octanol–water partition coefficient (Wildman–Crippen LogP) is 1.70. The minimum atomic E-state index is -4.25. The Balaban J connectivity index is 2.55. The fourth-order valence-corrected chi connectivity index (χ4v) is 0.927. The van der Waals surface area contributed by atoms with E-state index in [0.29, 0.717) is 5.56 Å². The average Bonchev–Trinajstić information content (AvgIpc) is 2.16. The van der Waals surface area contributed by atoms with Gasteiger partial charge in [0, 0.05) is 17.8 Å². The van der Waals surface area contributed by atoms with Gasteiger partial charge in [-0.3, -0.25) is 5.41 Å². The molecule has 0 aliphatic rings. The van der Waals surface area contributed by atoms with Crippen molar-refractivity contribution in [3.05, 3.63) is 23.9 Å².